The first-order chi connectivity index (χ1) is 32.2. The van der Waals surface area contributed by atoms with E-state index in [1.165, 1.54) is 69.5 Å². The number of anilines is 1. The molecule has 0 saturated heterocycles. The van der Waals surface area contributed by atoms with Gasteiger partial charge in [-0.25, -0.2) is 19.4 Å². The van der Waals surface area contributed by atoms with E-state index in [9.17, 15) is 28.8 Å². The summed E-state index contributed by atoms with van der Waals surface area (Å²) in [5.41, 5.74) is 0.153. The highest BCUT2D eigenvalue weighted by atomic mass is 28.4. The Morgan fingerprint density at radius 1 is 0.884 bits per heavy atom. The number of nitrogens with one attached hydrogen (secondary N) is 4. The zero-order valence-corrected chi connectivity index (χ0v) is 42.9. The van der Waals surface area contributed by atoms with E-state index in [0.717, 1.165) is 12.8 Å². The molecule has 18 nitrogen and oxygen atoms in total. The molecular weight excluding hydrogens is 907 g/mol. The third-order valence-corrected chi connectivity index (χ3v) is 15.8. The fraction of sp³-hybridized carbons (Fsp3) is 0.480. The molecule has 4 rings (SSSR count). The number of alkyl carbamates (subject to hydrolysis) is 1. The van der Waals surface area contributed by atoms with Crippen LogP contribution in [0.15, 0.2) is 49.0 Å². The average molecular weight is 974 g/mol. The van der Waals surface area contributed by atoms with E-state index in [0.29, 0.717) is 17.7 Å². The molecule has 0 spiro atoms. The van der Waals surface area contributed by atoms with Gasteiger partial charge in [-0.05, 0) is 107 Å². The number of benzene rings is 2. The molecule has 19 heteroatoms. The Bertz CT molecular complexity index is 2410. The second-order valence-corrected chi connectivity index (χ2v) is 23.7. The van der Waals surface area contributed by atoms with Gasteiger partial charge in [-0.1, -0.05) is 47.3 Å². The number of pyridine rings is 1. The summed E-state index contributed by atoms with van der Waals surface area (Å²) in [4.78, 5) is 85.5. The van der Waals surface area contributed by atoms with Crippen LogP contribution in [0.4, 0.5) is 15.3 Å². The quantitative estimate of drug-likeness (QED) is 0.0206. The maximum absolute atomic E-state index is 14.6. The summed E-state index contributed by atoms with van der Waals surface area (Å²) in [6, 6.07) is 10.3. The molecule has 1 fully saturated rings. The Morgan fingerprint density at radius 2 is 1.54 bits per heavy atom. The van der Waals surface area contributed by atoms with E-state index >= 15 is 0 Å². The zero-order valence-electron chi connectivity index (χ0n) is 41.9. The predicted molar refractivity (Wildman–Crippen MR) is 262 cm³/mol. The summed E-state index contributed by atoms with van der Waals surface area (Å²) in [7, 11) is -0.689. The number of methoxy groups -OCH3 is 1. The van der Waals surface area contributed by atoms with Crippen molar-refractivity contribution < 1.29 is 61.6 Å². The molecule has 3 atom stereocenters. The van der Waals surface area contributed by atoms with Gasteiger partial charge in [0.15, 0.2) is 14.0 Å². The van der Waals surface area contributed by atoms with Crippen molar-refractivity contribution in [1.82, 2.24) is 15.6 Å². The summed E-state index contributed by atoms with van der Waals surface area (Å²) in [5, 5.41) is 16.6. The van der Waals surface area contributed by atoms with Gasteiger partial charge in [-0.15, -0.1) is 0 Å². The van der Waals surface area contributed by atoms with Crippen LogP contribution < -0.4 is 20.7 Å². The molecule has 4 N–H and O–H groups in total. The second kappa shape index (κ2) is 23.6. The third kappa shape index (κ3) is 15.5. The summed E-state index contributed by atoms with van der Waals surface area (Å²) in [5.74, 6) is -3.45. The van der Waals surface area contributed by atoms with Crippen molar-refractivity contribution in [2.75, 3.05) is 25.6 Å². The topological polar surface area (TPSA) is 240 Å². The number of carbonyl (C=O) groups is 6. The van der Waals surface area contributed by atoms with Gasteiger partial charge in [0.25, 0.3) is 11.8 Å². The van der Waals surface area contributed by atoms with Crippen LogP contribution in [0.3, 0.4) is 0 Å². The Balaban J connectivity index is 1.78. The van der Waals surface area contributed by atoms with Gasteiger partial charge in [0.2, 0.25) is 6.29 Å². The third-order valence-electron chi connectivity index (χ3n) is 11.3. The van der Waals surface area contributed by atoms with E-state index in [4.69, 9.17) is 38.3 Å². The first kappa shape index (κ1) is 55.0. The van der Waals surface area contributed by atoms with Gasteiger partial charge in [-0.3, -0.25) is 25.1 Å². The van der Waals surface area contributed by atoms with E-state index < -0.39 is 80.5 Å². The fourth-order valence-electron chi connectivity index (χ4n) is 6.25. The SMILES string of the molecule is C=Cc1cc(C(=O)Nc2ccc(C(=N)NC(=O)OC(C)CO[Si](C)(C)C(C)(C)C)cc2)c(-c2c(C(C)OC(=O)OC(C)C)cc(C(=O)NCC3CC3)nc2C(=O)OC(C)OC(=O)C(C)C)cc1OC. The Hall–Kier alpha value is -6.60. The van der Waals surface area contributed by atoms with Crippen molar-refractivity contribution in [1.29, 1.82) is 5.41 Å². The van der Waals surface area contributed by atoms with Crippen LogP contribution in [0, 0.1) is 17.2 Å². The monoisotopic (exact) mass is 973 g/mol. The van der Waals surface area contributed by atoms with E-state index in [-0.39, 0.29) is 62.8 Å². The molecule has 2 aromatic carbocycles. The van der Waals surface area contributed by atoms with E-state index in [1.807, 2.05) is 0 Å². The molecule has 0 bridgehead atoms. The minimum atomic E-state index is -2.08. The van der Waals surface area contributed by atoms with Crippen molar-refractivity contribution >= 4 is 61.9 Å². The summed E-state index contributed by atoms with van der Waals surface area (Å²) in [6.45, 7) is 26.0. The van der Waals surface area contributed by atoms with Gasteiger partial charge in [0.1, 0.15) is 29.5 Å². The van der Waals surface area contributed by atoms with Gasteiger partial charge in [0, 0.05) is 52.5 Å². The largest absolute Gasteiger partial charge is 0.509 e. The lowest BCUT2D eigenvalue weighted by Gasteiger charge is -2.36. The maximum atomic E-state index is 14.6. The summed E-state index contributed by atoms with van der Waals surface area (Å²) >= 11 is 0. The molecule has 1 aliphatic carbocycles. The van der Waals surface area contributed by atoms with Crippen molar-refractivity contribution in [3.8, 4) is 16.9 Å². The number of rotatable bonds is 20. The normalized spacial score (nSPS) is 13.8. The molecule has 1 aliphatic rings. The molecule has 3 unspecified atom stereocenters. The summed E-state index contributed by atoms with van der Waals surface area (Å²) < 4.78 is 39.2. The minimum absolute atomic E-state index is 0.0265. The highest BCUT2D eigenvalue weighted by Gasteiger charge is 2.38. The lowest BCUT2D eigenvalue weighted by atomic mass is 9.89. The first-order valence-corrected chi connectivity index (χ1v) is 25.7. The van der Waals surface area contributed by atoms with Crippen LogP contribution in [-0.4, -0.2) is 93.9 Å². The average Bonchev–Trinajstić information content (AvgIpc) is 4.10. The number of esters is 2. The lowest BCUT2D eigenvalue weighted by Crippen LogP contribution is -2.43. The van der Waals surface area contributed by atoms with Crippen molar-refractivity contribution in [2.45, 2.75) is 125 Å². The highest BCUT2D eigenvalue weighted by molar-refractivity contribution is 6.74. The number of hydrogen-bond acceptors (Lipinski definition) is 15. The number of nitrogens with zero attached hydrogens (tertiary/aromatic N) is 1. The molecule has 1 heterocycles. The van der Waals surface area contributed by atoms with Crippen LogP contribution in [0.2, 0.25) is 18.1 Å². The molecule has 3 amide bonds. The van der Waals surface area contributed by atoms with Gasteiger partial charge in [-0.2, -0.15) is 0 Å². The predicted octanol–water partition coefficient (Wildman–Crippen LogP) is 9.58. The number of amides is 3. The molecule has 69 heavy (non-hydrogen) atoms. The number of hydrogen-bond donors (Lipinski definition) is 4. The maximum Gasteiger partial charge on any atom is 0.509 e. The molecular formula is C50H67N5O13Si. The molecule has 0 radical (unpaired) electrons. The molecule has 0 aliphatic heterocycles. The van der Waals surface area contributed by atoms with Gasteiger partial charge in [0.05, 0.1) is 25.7 Å². The van der Waals surface area contributed by atoms with Crippen LogP contribution >= 0.6 is 0 Å². The standard InChI is InChI=1S/C50H67N5O13Si/c1-15-33-22-38(44(56)53-35-20-18-34(19-21-35)43(51)55-48(60)65-29(6)26-63-69(13,14)50(9,10)11)37(24-40(33)62-12)41-36(30(7)66-49(61)64-28(4)5)23-39(45(57)52-25-32-16-17-32)54-42(41)47(59)68-31(8)67-46(58)27(2)3/h15,18-24,27-32H,1,16-17,25-26H2,2-14H3,(H,52,57)(H,53,56)(H2,51,55,60). The van der Waals surface area contributed by atoms with Crippen molar-refractivity contribution in [3.63, 3.8) is 0 Å². The second-order valence-electron chi connectivity index (χ2n) is 18.9. The number of carbonyl (C=O) groups excluding carboxylic acids is 6. The van der Waals surface area contributed by atoms with E-state index in [2.05, 4.69) is 61.4 Å². The summed E-state index contributed by atoms with van der Waals surface area (Å²) in [6.07, 6.45) is -2.36. The van der Waals surface area contributed by atoms with Crippen molar-refractivity contribution in [3.05, 3.63) is 82.7 Å². The Kier molecular flexibility index (Phi) is 18.8. The first-order valence-electron chi connectivity index (χ1n) is 22.8. The van der Waals surface area contributed by atoms with Crippen LogP contribution in [0.5, 0.6) is 5.75 Å². The smallest absolute Gasteiger partial charge is 0.496 e. The lowest BCUT2D eigenvalue weighted by molar-refractivity contribution is -0.169. The number of ether oxygens (including phenoxy) is 6. The van der Waals surface area contributed by atoms with Crippen LogP contribution in [-0.2, 0) is 32.9 Å². The molecule has 374 valence electrons. The highest BCUT2D eigenvalue weighted by Crippen LogP contribution is 2.40. The molecule has 3 aromatic rings. The Labute approximate surface area is 405 Å². The van der Waals surface area contributed by atoms with Gasteiger partial charge < -0.3 is 43.5 Å². The van der Waals surface area contributed by atoms with E-state index in [1.54, 1.807) is 34.6 Å². The molecule has 1 aromatic heterocycles. The fourth-order valence-corrected chi connectivity index (χ4v) is 7.33. The number of amidine groups is 1. The Morgan fingerprint density at radius 3 is 2.10 bits per heavy atom. The van der Waals surface area contributed by atoms with Gasteiger partial charge >= 0.3 is 24.2 Å². The van der Waals surface area contributed by atoms with Crippen LogP contribution in [0.1, 0.15) is 136 Å². The number of aromatic nitrogens is 1. The zero-order chi connectivity index (χ0) is 51.5. The van der Waals surface area contributed by atoms with Crippen LogP contribution in [0.25, 0.3) is 17.2 Å². The molecule has 1 saturated carbocycles. The van der Waals surface area contributed by atoms with Crippen molar-refractivity contribution in [2.24, 2.45) is 11.8 Å². The minimum Gasteiger partial charge on any atom is -0.496 e.